The van der Waals surface area contributed by atoms with Gasteiger partial charge in [0, 0.05) is 18.5 Å². The molecular formula is C13H23N3O. The van der Waals surface area contributed by atoms with Gasteiger partial charge < -0.3 is 10.1 Å². The van der Waals surface area contributed by atoms with Crippen LogP contribution in [-0.4, -0.2) is 30.7 Å². The van der Waals surface area contributed by atoms with Crippen molar-refractivity contribution in [1.82, 2.24) is 15.3 Å². The second-order valence-corrected chi connectivity index (χ2v) is 4.22. The van der Waals surface area contributed by atoms with Crippen molar-refractivity contribution in [3.63, 3.8) is 0 Å². The molecule has 4 heteroatoms. The first kappa shape index (κ1) is 14.1. The van der Waals surface area contributed by atoms with E-state index in [1.165, 1.54) is 5.56 Å². The Kier molecular flexibility index (Phi) is 5.51. The summed E-state index contributed by atoms with van der Waals surface area (Å²) in [5, 5.41) is 3.15. The Morgan fingerprint density at radius 1 is 1.24 bits per heavy atom. The molecule has 1 unspecified atom stereocenters. The third-order valence-electron chi connectivity index (χ3n) is 3.01. The quantitative estimate of drug-likeness (QED) is 0.821. The van der Waals surface area contributed by atoms with Crippen LogP contribution in [0.15, 0.2) is 0 Å². The number of rotatable bonds is 6. The van der Waals surface area contributed by atoms with Gasteiger partial charge >= 0.3 is 0 Å². The maximum absolute atomic E-state index is 5.38. The van der Waals surface area contributed by atoms with Gasteiger partial charge in [0.15, 0.2) is 5.82 Å². The first-order valence-electron chi connectivity index (χ1n) is 6.15. The molecule has 0 amide bonds. The van der Waals surface area contributed by atoms with Gasteiger partial charge in [-0.25, -0.2) is 9.97 Å². The van der Waals surface area contributed by atoms with Crippen LogP contribution >= 0.6 is 0 Å². The second kappa shape index (κ2) is 6.67. The van der Waals surface area contributed by atoms with Crippen LogP contribution in [0.2, 0.25) is 0 Å². The van der Waals surface area contributed by atoms with Gasteiger partial charge in [-0.2, -0.15) is 0 Å². The van der Waals surface area contributed by atoms with Gasteiger partial charge in [-0.3, -0.25) is 0 Å². The highest BCUT2D eigenvalue weighted by molar-refractivity contribution is 5.25. The largest absolute Gasteiger partial charge is 0.373 e. The highest BCUT2D eigenvalue weighted by Crippen LogP contribution is 2.19. The molecule has 0 spiro atoms. The first-order valence-corrected chi connectivity index (χ1v) is 6.15. The standard InChI is InChI=1S/C13H23N3O/c1-6-12(17-5)13-15-9(2)11(7-8-14-4)10(3)16-13/h12,14H,6-8H2,1-5H3. The average Bonchev–Trinajstić information content (AvgIpc) is 2.30. The number of nitrogens with one attached hydrogen (secondary N) is 1. The van der Waals surface area contributed by atoms with E-state index < -0.39 is 0 Å². The Morgan fingerprint density at radius 2 is 1.82 bits per heavy atom. The summed E-state index contributed by atoms with van der Waals surface area (Å²) < 4.78 is 5.38. The zero-order chi connectivity index (χ0) is 12.8. The lowest BCUT2D eigenvalue weighted by molar-refractivity contribution is 0.0922. The summed E-state index contributed by atoms with van der Waals surface area (Å²) in [7, 11) is 3.66. The fourth-order valence-electron chi connectivity index (χ4n) is 1.98. The number of aromatic nitrogens is 2. The molecule has 1 N–H and O–H groups in total. The van der Waals surface area contributed by atoms with Crippen molar-refractivity contribution in [1.29, 1.82) is 0 Å². The number of nitrogens with zero attached hydrogens (tertiary/aromatic N) is 2. The zero-order valence-electron chi connectivity index (χ0n) is 11.5. The van der Waals surface area contributed by atoms with Gasteiger partial charge in [-0.1, -0.05) is 6.92 Å². The van der Waals surface area contributed by atoms with Gasteiger partial charge in [-0.15, -0.1) is 0 Å². The monoisotopic (exact) mass is 237 g/mol. The summed E-state index contributed by atoms with van der Waals surface area (Å²) in [4.78, 5) is 9.13. The Hall–Kier alpha value is -1.00. The van der Waals surface area contributed by atoms with Crippen molar-refractivity contribution in [2.45, 2.75) is 39.7 Å². The highest BCUT2D eigenvalue weighted by Gasteiger charge is 2.15. The minimum Gasteiger partial charge on any atom is -0.373 e. The van der Waals surface area contributed by atoms with Crippen LogP contribution in [0.25, 0.3) is 0 Å². The van der Waals surface area contributed by atoms with E-state index in [0.717, 1.165) is 36.6 Å². The molecule has 0 aliphatic rings. The van der Waals surface area contributed by atoms with Crippen LogP contribution in [0, 0.1) is 13.8 Å². The number of aryl methyl sites for hydroxylation is 2. The van der Waals surface area contributed by atoms with E-state index in [2.05, 4.69) is 22.2 Å². The predicted octanol–water partition coefficient (Wildman–Crippen LogP) is 1.95. The SMILES string of the molecule is CCC(OC)c1nc(C)c(CCNC)c(C)n1. The van der Waals surface area contributed by atoms with E-state index in [9.17, 15) is 0 Å². The van der Waals surface area contributed by atoms with Crippen LogP contribution in [-0.2, 0) is 11.2 Å². The molecule has 17 heavy (non-hydrogen) atoms. The molecule has 1 atom stereocenters. The summed E-state index contributed by atoms with van der Waals surface area (Å²) in [6, 6.07) is 0. The number of hydrogen-bond donors (Lipinski definition) is 1. The Balaban J connectivity index is 2.99. The molecule has 0 saturated carbocycles. The fraction of sp³-hybridized carbons (Fsp3) is 0.692. The van der Waals surface area contributed by atoms with Gasteiger partial charge in [0.1, 0.15) is 6.10 Å². The third kappa shape index (κ3) is 3.48. The number of hydrogen-bond acceptors (Lipinski definition) is 4. The Labute approximate surface area is 104 Å². The molecule has 0 aliphatic heterocycles. The van der Waals surface area contributed by atoms with E-state index in [1.54, 1.807) is 7.11 Å². The molecule has 0 aliphatic carbocycles. The van der Waals surface area contributed by atoms with Crippen molar-refractivity contribution >= 4 is 0 Å². The van der Waals surface area contributed by atoms with E-state index in [4.69, 9.17) is 4.74 Å². The summed E-state index contributed by atoms with van der Waals surface area (Å²) in [5.41, 5.74) is 3.38. The summed E-state index contributed by atoms with van der Waals surface area (Å²) in [5.74, 6) is 0.804. The third-order valence-corrected chi connectivity index (χ3v) is 3.01. The normalized spacial score (nSPS) is 12.8. The lowest BCUT2D eigenvalue weighted by atomic mass is 10.1. The Morgan fingerprint density at radius 3 is 2.24 bits per heavy atom. The van der Waals surface area contributed by atoms with Crippen LogP contribution in [0.5, 0.6) is 0 Å². The van der Waals surface area contributed by atoms with Crippen LogP contribution in [0.1, 0.15) is 42.2 Å². The van der Waals surface area contributed by atoms with Crippen molar-refractivity contribution in [3.8, 4) is 0 Å². The van der Waals surface area contributed by atoms with Crippen molar-refractivity contribution in [2.24, 2.45) is 0 Å². The van der Waals surface area contributed by atoms with E-state index >= 15 is 0 Å². The van der Waals surface area contributed by atoms with Crippen LogP contribution in [0.4, 0.5) is 0 Å². The van der Waals surface area contributed by atoms with E-state index in [-0.39, 0.29) is 6.10 Å². The van der Waals surface area contributed by atoms with Gasteiger partial charge in [0.25, 0.3) is 0 Å². The lowest BCUT2D eigenvalue weighted by Crippen LogP contribution is -2.15. The molecule has 0 aromatic carbocycles. The van der Waals surface area contributed by atoms with Crippen LogP contribution in [0.3, 0.4) is 0 Å². The molecule has 96 valence electrons. The van der Waals surface area contributed by atoms with E-state index in [0.29, 0.717) is 0 Å². The van der Waals surface area contributed by atoms with Gasteiger partial charge in [0.2, 0.25) is 0 Å². The molecule has 4 nitrogen and oxygen atoms in total. The summed E-state index contributed by atoms with van der Waals surface area (Å²) in [6.45, 7) is 7.13. The molecule has 1 aromatic heterocycles. The molecule has 0 bridgehead atoms. The van der Waals surface area contributed by atoms with Crippen molar-refractivity contribution in [3.05, 3.63) is 22.8 Å². The minimum atomic E-state index is 0.00532. The maximum Gasteiger partial charge on any atom is 0.157 e. The predicted molar refractivity (Wildman–Crippen MR) is 69.2 cm³/mol. The smallest absolute Gasteiger partial charge is 0.157 e. The van der Waals surface area contributed by atoms with Crippen molar-refractivity contribution in [2.75, 3.05) is 20.7 Å². The van der Waals surface area contributed by atoms with Gasteiger partial charge in [0.05, 0.1) is 0 Å². The maximum atomic E-state index is 5.38. The molecular weight excluding hydrogens is 214 g/mol. The first-order chi connectivity index (χ1) is 8.13. The Bertz CT molecular complexity index is 339. The summed E-state index contributed by atoms with van der Waals surface area (Å²) >= 11 is 0. The number of methoxy groups -OCH3 is 1. The van der Waals surface area contributed by atoms with Crippen LogP contribution < -0.4 is 5.32 Å². The second-order valence-electron chi connectivity index (χ2n) is 4.22. The zero-order valence-corrected chi connectivity index (χ0v) is 11.5. The summed E-state index contributed by atoms with van der Waals surface area (Å²) in [6.07, 6.45) is 1.87. The lowest BCUT2D eigenvalue weighted by Gasteiger charge is -2.15. The molecule has 1 rings (SSSR count). The minimum absolute atomic E-state index is 0.00532. The number of ether oxygens (including phenoxy) is 1. The number of likely N-dealkylation sites (N-methyl/N-ethyl adjacent to an activating group) is 1. The topological polar surface area (TPSA) is 47.0 Å². The molecule has 0 fully saturated rings. The van der Waals surface area contributed by atoms with E-state index in [1.807, 2.05) is 20.9 Å². The molecule has 0 saturated heterocycles. The fourth-order valence-corrected chi connectivity index (χ4v) is 1.98. The highest BCUT2D eigenvalue weighted by atomic mass is 16.5. The molecule has 1 heterocycles. The molecule has 1 aromatic rings. The van der Waals surface area contributed by atoms with Crippen molar-refractivity contribution < 1.29 is 4.74 Å². The molecule has 0 radical (unpaired) electrons. The average molecular weight is 237 g/mol. The van der Waals surface area contributed by atoms with Gasteiger partial charge in [-0.05, 0) is 45.8 Å².